The van der Waals surface area contributed by atoms with E-state index in [0.717, 1.165) is 18.4 Å². The van der Waals surface area contributed by atoms with Crippen molar-refractivity contribution in [1.29, 1.82) is 0 Å². The van der Waals surface area contributed by atoms with Crippen LogP contribution in [-0.4, -0.2) is 40.1 Å². The van der Waals surface area contributed by atoms with Gasteiger partial charge in [-0.05, 0) is 30.4 Å². The van der Waals surface area contributed by atoms with Crippen LogP contribution in [-0.2, 0) is 11.3 Å². The number of hydrogen-bond donors (Lipinski definition) is 2. The number of nitrogens with one attached hydrogen (secondary N) is 1. The summed E-state index contributed by atoms with van der Waals surface area (Å²) in [7, 11) is 0. The van der Waals surface area contributed by atoms with Gasteiger partial charge in [0.05, 0.1) is 0 Å². The van der Waals surface area contributed by atoms with Gasteiger partial charge in [-0.25, -0.2) is 4.79 Å². The van der Waals surface area contributed by atoms with E-state index in [4.69, 9.17) is 5.11 Å². The van der Waals surface area contributed by atoms with Gasteiger partial charge < -0.3 is 15.3 Å². The standard InChI is InChI=1S/C14H19N3O3/c18-13(19)7-11-4-2-6-17(10-11)14(20)16-9-12-3-1-5-15-8-12/h1,3,5,8,11H,2,4,6-7,9-10H2,(H,16,20)(H,18,19). The summed E-state index contributed by atoms with van der Waals surface area (Å²) in [5.74, 6) is -0.738. The number of aromatic nitrogens is 1. The minimum atomic E-state index is -0.799. The van der Waals surface area contributed by atoms with Crippen LogP contribution >= 0.6 is 0 Å². The number of amides is 2. The number of urea groups is 1. The Kier molecular flexibility index (Phi) is 4.92. The molecule has 2 rings (SSSR count). The van der Waals surface area contributed by atoms with Gasteiger partial charge >= 0.3 is 12.0 Å². The second-order valence-electron chi connectivity index (χ2n) is 5.07. The number of carboxylic acid groups (broad SMARTS) is 1. The maximum absolute atomic E-state index is 12.0. The zero-order chi connectivity index (χ0) is 14.4. The number of carboxylic acids is 1. The summed E-state index contributed by atoms with van der Waals surface area (Å²) in [4.78, 5) is 28.5. The van der Waals surface area contributed by atoms with Crippen LogP contribution in [0.3, 0.4) is 0 Å². The van der Waals surface area contributed by atoms with Crippen molar-refractivity contribution in [3.05, 3.63) is 30.1 Å². The van der Waals surface area contributed by atoms with E-state index in [0.29, 0.717) is 19.6 Å². The molecule has 108 valence electrons. The molecule has 2 amide bonds. The molecule has 0 spiro atoms. The molecule has 1 fully saturated rings. The molecular formula is C14H19N3O3. The minimum absolute atomic E-state index is 0.0605. The normalized spacial score (nSPS) is 18.6. The van der Waals surface area contributed by atoms with Crippen molar-refractivity contribution >= 4 is 12.0 Å². The number of piperidine rings is 1. The van der Waals surface area contributed by atoms with Gasteiger partial charge in [-0.1, -0.05) is 6.07 Å². The summed E-state index contributed by atoms with van der Waals surface area (Å²) < 4.78 is 0. The van der Waals surface area contributed by atoms with Gasteiger partial charge in [-0.2, -0.15) is 0 Å². The number of carbonyl (C=O) groups excluding carboxylic acids is 1. The minimum Gasteiger partial charge on any atom is -0.481 e. The first-order chi connectivity index (χ1) is 9.65. The first kappa shape index (κ1) is 14.3. The van der Waals surface area contributed by atoms with Crippen LogP contribution in [0.5, 0.6) is 0 Å². The molecule has 6 heteroatoms. The van der Waals surface area contributed by atoms with Gasteiger partial charge in [0.15, 0.2) is 0 Å². The van der Waals surface area contributed by atoms with Gasteiger partial charge in [0.25, 0.3) is 0 Å². The highest BCUT2D eigenvalue weighted by atomic mass is 16.4. The summed E-state index contributed by atoms with van der Waals surface area (Å²) in [6.45, 7) is 1.65. The number of likely N-dealkylation sites (tertiary alicyclic amines) is 1. The Morgan fingerprint density at radius 1 is 1.50 bits per heavy atom. The van der Waals surface area contributed by atoms with Crippen LogP contribution in [0.2, 0.25) is 0 Å². The molecule has 2 heterocycles. The Hall–Kier alpha value is -2.11. The molecule has 0 radical (unpaired) electrons. The zero-order valence-corrected chi connectivity index (χ0v) is 11.3. The van der Waals surface area contributed by atoms with Gasteiger partial charge in [-0.3, -0.25) is 9.78 Å². The van der Waals surface area contributed by atoms with E-state index >= 15 is 0 Å². The predicted molar refractivity (Wildman–Crippen MR) is 73.0 cm³/mol. The molecule has 0 bridgehead atoms. The smallest absolute Gasteiger partial charge is 0.317 e. The molecule has 20 heavy (non-hydrogen) atoms. The predicted octanol–water partition coefficient (Wildman–Crippen LogP) is 1.48. The third-order valence-electron chi connectivity index (χ3n) is 3.44. The third kappa shape index (κ3) is 4.22. The lowest BCUT2D eigenvalue weighted by Gasteiger charge is -2.32. The molecule has 1 aliphatic rings. The molecule has 1 atom stereocenters. The van der Waals surface area contributed by atoms with Crippen molar-refractivity contribution in [1.82, 2.24) is 15.2 Å². The summed E-state index contributed by atoms with van der Waals surface area (Å²) in [5, 5.41) is 11.7. The van der Waals surface area contributed by atoms with Crippen LogP contribution in [0, 0.1) is 5.92 Å². The van der Waals surface area contributed by atoms with E-state index in [-0.39, 0.29) is 18.4 Å². The van der Waals surface area contributed by atoms with E-state index in [1.54, 1.807) is 17.3 Å². The highest BCUT2D eigenvalue weighted by molar-refractivity contribution is 5.74. The fourth-order valence-electron chi connectivity index (χ4n) is 2.46. The van der Waals surface area contributed by atoms with Gasteiger partial charge in [0.1, 0.15) is 0 Å². The Morgan fingerprint density at radius 2 is 2.35 bits per heavy atom. The Morgan fingerprint density at radius 3 is 3.05 bits per heavy atom. The average molecular weight is 277 g/mol. The topological polar surface area (TPSA) is 82.5 Å². The lowest BCUT2D eigenvalue weighted by Crippen LogP contribution is -2.45. The number of pyridine rings is 1. The second-order valence-corrected chi connectivity index (χ2v) is 5.07. The number of rotatable bonds is 4. The Bertz CT molecular complexity index is 464. The first-order valence-electron chi connectivity index (χ1n) is 6.78. The van der Waals surface area contributed by atoms with Crippen LogP contribution in [0.25, 0.3) is 0 Å². The first-order valence-corrected chi connectivity index (χ1v) is 6.78. The van der Waals surface area contributed by atoms with E-state index < -0.39 is 5.97 Å². The molecule has 0 aliphatic carbocycles. The molecule has 1 aromatic heterocycles. The summed E-state index contributed by atoms with van der Waals surface area (Å²) >= 11 is 0. The summed E-state index contributed by atoms with van der Waals surface area (Å²) in [6, 6.07) is 3.59. The van der Waals surface area contributed by atoms with Gasteiger partial charge in [0, 0.05) is 38.4 Å². The number of aliphatic carboxylic acids is 1. The average Bonchev–Trinajstić information content (AvgIpc) is 2.45. The molecule has 1 saturated heterocycles. The highest BCUT2D eigenvalue weighted by Gasteiger charge is 2.24. The number of nitrogens with zero attached hydrogens (tertiary/aromatic N) is 2. The third-order valence-corrected chi connectivity index (χ3v) is 3.44. The largest absolute Gasteiger partial charge is 0.481 e. The maximum Gasteiger partial charge on any atom is 0.317 e. The molecular weight excluding hydrogens is 258 g/mol. The lowest BCUT2D eigenvalue weighted by molar-refractivity contribution is -0.138. The van der Waals surface area contributed by atoms with E-state index in [1.807, 2.05) is 12.1 Å². The monoisotopic (exact) mass is 277 g/mol. The van der Waals surface area contributed by atoms with Crippen molar-refractivity contribution in [2.24, 2.45) is 5.92 Å². The summed E-state index contributed by atoms with van der Waals surface area (Å²) in [5.41, 5.74) is 0.944. The van der Waals surface area contributed by atoms with Crippen LogP contribution in [0.4, 0.5) is 4.79 Å². The SMILES string of the molecule is O=C(O)CC1CCCN(C(=O)NCc2cccnc2)C1. The lowest BCUT2D eigenvalue weighted by atomic mass is 9.95. The van der Waals surface area contributed by atoms with Crippen molar-refractivity contribution in [3.8, 4) is 0 Å². The zero-order valence-electron chi connectivity index (χ0n) is 11.3. The maximum atomic E-state index is 12.0. The Labute approximate surface area is 117 Å². The van der Waals surface area contributed by atoms with Crippen molar-refractivity contribution < 1.29 is 14.7 Å². The van der Waals surface area contributed by atoms with Gasteiger partial charge in [0.2, 0.25) is 0 Å². The molecule has 6 nitrogen and oxygen atoms in total. The van der Waals surface area contributed by atoms with E-state index in [2.05, 4.69) is 10.3 Å². The van der Waals surface area contributed by atoms with Crippen LogP contribution in [0.1, 0.15) is 24.8 Å². The van der Waals surface area contributed by atoms with Crippen molar-refractivity contribution in [3.63, 3.8) is 0 Å². The molecule has 1 unspecified atom stereocenters. The fraction of sp³-hybridized carbons (Fsp3) is 0.500. The second kappa shape index (κ2) is 6.88. The van der Waals surface area contributed by atoms with Crippen LogP contribution < -0.4 is 5.32 Å². The molecule has 1 aromatic rings. The number of hydrogen-bond acceptors (Lipinski definition) is 3. The number of carbonyl (C=O) groups is 2. The molecule has 1 aliphatic heterocycles. The molecule has 0 aromatic carbocycles. The Balaban J connectivity index is 1.81. The highest BCUT2D eigenvalue weighted by Crippen LogP contribution is 2.19. The fourth-order valence-corrected chi connectivity index (χ4v) is 2.46. The van der Waals surface area contributed by atoms with Gasteiger partial charge in [-0.15, -0.1) is 0 Å². The summed E-state index contributed by atoms with van der Waals surface area (Å²) in [6.07, 6.45) is 5.26. The van der Waals surface area contributed by atoms with Crippen LogP contribution in [0.15, 0.2) is 24.5 Å². The van der Waals surface area contributed by atoms with Crippen molar-refractivity contribution in [2.75, 3.05) is 13.1 Å². The quantitative estimate of drug-likeness (QED) is 0.873. The van der Waals surface area contributed by atoms with E-state index in [1.165, 1.54) is 0 Å². The molecule has 0 saturated carbocycles. The van der Waals surface area contributed by atoms with E-state index in [9.17, 15) is 9.59 Å². The molecule has 2 N–H and O–H groups in total. The van der Waals surface area contributed by atoms with Crippen molar-refractivity contribution in [2.45, 2.75) is 25.8 Å².